The highest BCUT2D eigenvalue weighted by Gasteiger charge is 2.25. The largest absolute Gasteiger partial charge is 0.474 e. The predicted octanol–water partition coefficient (Wildman–Crippen LogP) is 4.72. The van der Waals surface area contributed by atoms with E-state index in [0.29, 0.717) is 11.9 Å². The van der Waals surface area contributed by atoms with Gasteiger partial charge in [-0.2, -0.15) is 0 Å². The Hall–Kier alpha value is -1.10. The molecule has 1 unspecified atom stereocenters. The second kappa shape index (κ2) is 7.44. The van der Waals surface area contributed by atoms with Crippen molar-refractivity contribution < 1.29 is 4.74 Å². The van der Waals surface area contributed by atoms with Crippen LogP contribution < -0.4 is 4.74 Å². The van der Waals surface area contributed by atoms with Crippen LogP contribution in [0.5, 0.6) is 5.88 Å². The van der Waals surface area contributed by atoms with Gasteiger partial charge in [-0.05, 0) is 62.0 Å². The Labute approximate surface area is 142 Å². The smallest absolute Gasteiger partial charge is 0.228 e. The molecule has 0 bridgehead atoms. The standard InChI is InChI=1S/C17H26BrN3O/c1-11(2)21(5)10-19-16-9-15(18)17(20-13(16)4)22-12(3)8-14-6-7-14/h9-12,14H,6-8H2,1-5H3. The fourth-order valence-electron chi connectivity index (χ4n) is 2.11. The second-order valence-corrected chi connectivity index (χ2v) is 7.35. The molecule has 1 fully saturated rings. The molecule has 1 aromatic rings. The van der Waals surface area contributed by atoms with Crippen LogP contribution in [0, 0.1) is 12.8 Å². The Morgan fingerprint density at radius 2 is 2.14 bits per heavy atom. The van der Waals surface area contributed by atoms with Crippen molar-refractivity contribution in [3.05, 3.63) is 16.2 Å². The van der Waals surface area contributed by atoms with E-state index in [-0.39, 0.29) is 6.10 Å². The van der Waals surface area contributed by atoms with Crippen molar-refractivity contribution in [2.24, 2.45) is 10.9 Å². The monoisotopic (exact) mass is 367 g/mol. The zero-order valence-electron chi connectivity index (χ0n) is 14.1. The van der Waals surface area contributed by atoms with Gasteiger partial charge in [-0.25, -0.2) is 9.98 Å². The maximum Gasteiger partial charge on any atom is 0.228 e. The van der Waals surface area contributed by atoms with Crippen molar-refractivity contribution >= 4 is 28.0 Å². The molecule has 1 aliphatic carbocycles. The molecule has 22 heavy (non-hydrogen) atoms. The van der Waals surface area contributed by atoms with Crippen molar-refractivity contribution in [2.75, 3.05) is 7.05 Å². The molecule has 1 aromatic heterocycles. The molecule has 0 saturated heterocycles. The first-order valence-corrected chi connectivity index (χ1v) is 8.76. The quantitative estimate of drug-likeness (QED) is 0.516. The minimum Gasteiger partial charge on any atom is -0.474 e. The normalized spacial score (nSPS) is 16.3. The van der Waals surface area contributed by atoms with Crippen molar-refractivity contribution in [1.29, 1.82) is 0 Å². The van der Waals surface area contributed by atoms with Crippen molar-refractivity contribution in [1.82, 2.24) is 9.88 Å². The summed E-state index contributed by atoms with van der Waals surface area (Å²) in [6, 6.07) is 2.40. The number of pyridine rings is 1. The molecular formula is C17H26BrN3O. The summed E-state index contributed by atoms with van der Waals surface area (Å²) in [5.41, 5.74) is 1.74. The average molecular weight is 368 g/mol. The van der Waals surface area contributed by atoms with Gasteiger partial charge in [0.2, 0.25) is 5.88 Å². The summed E-state index contributed by atoms with van der Waals surface area (Å²) >= 11 is 3.55. The molecule has 0 radical (unpaired) electrons. The van der Waals surface area contributed by atoms with Gasteiger partial charge >= 0.3 is 0 Å². The van der Waals surface area contributed by atoms with Crippen LogP contribution in [0.2, 0.25) is 0 Å². The van der Waals surface area contributed by atoms with Gasteiger partial charge in [0, 0.05) is 13.1 Å². The summed E-state index contributed by atoms with van der Waals surface area (Å²) in [5.74, 6) is 1.52. The molecule has 4 nitrogen and oxygen atoms in total. The zero-order chi connectivity index (χ0) is 16.3. The minimum atomic E-state index is 0.206. The highest BCUT2D eigenvalue weighted by atomic mass is 79.9. The molecule has 1 heterocycles. The summed E-state index contributed by atoms with van der Waals surface area (Å²) in [5, 5.41) is 0. The van der Waals surface area contributed by atoms with Gasteiger partial charge in [-0.15, -0.1) is 0 Å². The molecule has 0 aromatic carbocycles. The van der Waals surface area contributed by atoms with E-state index < -0.39 is 0 Å². The molecule has 5 heteroatoms. The predicted molar refractivity (Wildman–Crippen MR) is 95.2 cm³/mol. The summed E-state index contributed by atoms with van der Waals surface area (Å²) in [7, 11) is 2.02. The van der Waals surface area contributed by atoms with E-state index in [4.69, 9.17) is 4.74 Å². The number of hydrogen-bond acceptors (Lipinski definition) is 3. The van der Waals surface area contributed by atoms with Gasteiger partial charge in [0.25, 0.3) is 0 Å². The zero-order valence-corrected chi connectivity index (χ0v) is 15.7. The highest BCUT2D eigenvalue weighted by Crippen LogP contribution is 2.35. The maximum absolute atomic E-state index is 5.98. The number of ether oxygens (including phenoxy) is 1. The molecule has 1 aliphatic rings. The molecule has 122 valence electrons. The first-order valence-electron chi connectivity index (χ1n) is 7.96. The van der Waals surface area contributed by atoms with Crippen LogP contribution in [-0.4, -0.2) is 35.4 Å². The van der Waals surface area contributed by atoms with Gasteiger partial charge in [-0.1, -0.05) is 12.8 Å². The average Bonchev–Trinajstić information content (AvgIpc) is 3.24. The van der Waals surface area contributed by atoms with Crippen LogP contribution in [0.15, 0.2) is 15.5 Å². The molecule has 0 amide bonds. The third-order valence-electron chi connectivity index (χ3n) is 3.98. The molecule has 2 rings (SSSR count). The molecule has 1 atom stereocenters. The molecule has 1 saturated carbocycles. The van der Waals surface area contributed by atoms with Gasteiger partial charge in [0.15, 0.2) is 0 Å². The highest BCUT2D eigenvalue weighted by molar-refractivity contribution is 9.10. The van der Waals surface area contributed by atoms with E-state index in [1.165, 1.54) is 12.8 Å². The maximum atomic E-state index is 5.98. The van der Waals surface area contributed by atoms with Gasteiger partial charge in [0.05, 0.1) is 28.3 Å². The summed E-state index contributed by atoms with van der Waals surface area (Å²) in [4.78, 5) is 11.1. The Balaban J connectivity index is 2.06. The first-order chi connectivity index (χ1) is 10.4. The van der Waals surface area contributed by atoms with Crippen molar-refractivity contribution in [2.45, 2.75) is 59.1 Å². The molecular weight excluding hydrogens is 342 g/mol. The number of aliphatic imine (C=N–C) groups is 1. The number of halogens is 1. The Bertz CT molecular complexity index is 541. The fourth-order valence-corrected chi connectivity index (χ4v) is 2.51. The number of rotatable bonds is 7. The Kier molecular flexibility index (Phi) is 5.84. The van der Waals surface area contributed by atoms with E-state index in [0.717, 1.165) is 28.2 Å². The number of nitrogens with zero attached hydrogens (tertiary/aromatic N) is 3. The van der Waals surface area contributed by atoms with E-state index in [2.05, 4.69) is 51.6 Å². The fraction of sp³-hybridized carbons (Fsp3) is 0.647. The second-order valence-electron chi connectivity index (χ2n) is 6.49. The van der Waals surface area contributed by atoms with E-state index in [1.54, 1.807) is 0 Å². The van der Waals surface area contributed by atoms with Crippen LogP contribution >= 0.6 is 15.9 Å². The van der Waals surface area contributed by atoms with Crippen LogP contribution in [0.1, 0.15) is 45.7 Å². The lowest BCUT2D eigenvalue weighted by atomic mass is 10.2. The van der Waals surface area contributed by atoms with Crippen LogP contribution in [0.3, 0.4) is 0 Å². The summed E-state index contributed by atoms with van der Waals surface area (Å²) in [6.07, 6.45) is 5.86. The van der Waals surface area contributed by atoms with Gasteiger partial charge in [0.1, 0.15) is 0 Å². The molecule has 0 aliphatic heterocycles. The van der Waals surface area contributed by atoms with Gasteiger partial charge in [-0.3, -0.25) is 0 Å². The Morgan fingerprint density at radius 3 is 2.73 bits per heavy atom. The topological polar surface area (TPSA) is 37.7 Å². The number of aryl methyl sites for hydroxylation is 1. The number of hydrogen-bond donors (Lipinski definition) is 0. The van der Waals surface area contributed by atoms with E-state index in [9.17, 15) is 0 Å². The Morgan fingerprint density at radius 1 is 1.45 bits per heavy atom. The SMILES string of the molecule is Cc1nc(OC(C)CC2CC2)c(Br)cc1N=CN(C)C(C)C. The first kappa shape index (κ1) is 17.3. The summed E-state index contributed by atoms with van der Waals surface area (Å²) in [6.45, 7) is 8.34. The molecule has 0 spiro atoms. The van der Waals surface area contributed by atoms with Crippen molar-refractivity contribution in [3.63, 3.8) is 0 Å². The molecule has 0 N–H and O–H groups in total. The van der Waals surface area contributed by atoms with E-state index >= 15 is 0 Å². The van der Waals surface area contributed by atoms with Gasteiger partial charge < -0.3 is 9.64 Å². The van der Waals surface area contributed by atoms with E-state index in [1.807, 2.05) is 26.4 Å². The minimum absolute atomic E-state index is 0.206. The van der Waals surface area contributed by atoms with Crippen LogP contribution in [0.4, 0.5) is 5.69 Å². The lowest BCUT2D eigenvalue weighted by Gasteiger charge is -2.18. The van der Waals surface area contributed by atoms with Crippen LogP contribution in [0.25, 0.3) is 0 Å². The lowest BCUT2D eigenvalue weighted by molar-refractivity contribution is 0.193. The number of aromatic nitrogens is 1. The summed E-state index contributed by atoms with van der Waals surface area (Å²) < 4.78 is 6.84. The van der Waals surface area contributed by atoms with Crippen molar-refractivity contribution in [3.8, 4) is 5.88 Å². The lowest BCUT2D eigenvalue weighted by Crippen LogP contribution is -2.24. The van der Waals surface area contributed by atoms with Crippen LogP contribution in [-0.2, 0) is 0 Å². The third kappa shape index (κ3) is 4.97. The third-order valence-corrected chi connectivity index (χ3v) is 4.54.